The van der Waals surface area contributed by atoms with Crippen LogP contribution in [0.2, 0.25) is 0 Å². The molecule has 0 aliphatic heterocycles. The summed E-state index contributed by atoms with van der Waals surface area (Å²) in [5.41, 5.74) is 16.3. The number of hydrogen-bond donors (Lipinski definition) is 7. The van der Waals surface area contributed by atoms with Gasteiger partial charge in [-0.15, -0.1) is 0 Å². The monoisotopic (exact) mass is 416 g/mol. The lowest BCUT2D eigenvalue weighted by atomic mass is 10.0. The molecule has 12 heteroatoms. The van der Waals surface area contributed by atoms with Gasteiger partial charge in [0.15, 0.2) is 0 Å². The summed E-state index contributed by atoms with van der Waals surface area (Å²) in [6.45, 7) is 3.12. The van der Waals surface area contributed by atoms with E-state index in [-0.39, 0.29) is 0 Å². The van der Waals surface area contributed by atoms with Gasteiger partial charge in [-0.25, -0.2) is 0 Å². The molecule has 0 saturated carbocycles. The van der Waals surface area contributed by atoms with Crippen molar-refractivity contribution >= 4 is 29.6 Å². The Kier molecular flexibility index (Phi) is 12.2. The average molecular weight is 416 g/mol. The molecule has 10 N–H and O–H groups in total. The Morgan fingerprint density at radius 2 is 1.59 bits per heavy atom. The van der Waals surface area contributed by atoms with Crippen LogP contribution in [0.4, 0.5) is 0 Å². The molecule has 0 aromatic carbocycles. The summed E-state index contributed by atoms with van der Waals surface area (Å²) in [4.78, 5) is 58.9. The zero-order valence-electron chi connectivity index (χ0n) is 16.8. The zero-order chi connectivity index (χ0) is 22.6. The molecule has 0 radical (unpaired) electrons. The first-order chi connectivity index (χ1) is 13.5. The molecular formula is C17H32N6O6. The zero-order valence-corrected chi connectivity index (χ0v) is 16.8. The summed E-state index contributed by atoms with van der Waals surface area (Å²) in [7, 11) is 0. The molecule has 4 amide bonds. The molecule has 3 unspecified atom stereocenters. The fourth-order valence-corrected chi connectivity index (χ4v) is 2.39. The fourth-order valence-electron chi connectivity index (χ4n) is 2.39. The number of nitrogens with two attached hydrogens (primary N) is 3. The Labute approximate surface area is 169 Å². The number of carboxylic acids is 1. The molecule has 0 bridgehead atoms. The van der Waals surface area contributed by atoms with Crippen molar-refractivity contribution in [3.05, 3.63) is 0 Å². The van der Waals surface area contributed by atoms with Crippen molar-refractivity contribution in [1.29, 1.82) is 0 Å². The number of carbonyl (C=O) groups is 5. The topological polar surface area (TPSA) is 220 Å². The lowest BCUT2D eigenvalue weighted by molar-refractivity contribution is -0.139. The second-order valence-corrected chi connectivity index (χ2v) is 6.96. The van der Waals surface area contributed by atoms with E-state index in [1.54, 1.807) is 13.8 Å². The Balaban J connectivity index is 5.11. The van der Waals surface area contributed by atoms with E-state index in [0.717, 1.165) is 0 Å². The highest BCUT2D eigenvalue weighted by Crippen LogP contribution is 2.05. The minimum atomic E-state index is -1.32. The molecule has 0 aliphatic rings. The van der Waals surface area contributed by atoms with Crippen LogP contribution in [0.5, 0.6) is 0 Å². The molecule has 0 spiro atoms. The van der Waals surface area contributed by atoms with Crippen molar-refractivity contribution in [1.82, 2.24) is 16.0 Å². The summed E-state index contributed by atoms with van der Waals surface area (Å²) < 4.78 is 0. The molecule has 12 nitrogen and oxygen atoms in total. The molecule has 0 rings (SSSR count). The molecule has 3 atom stereocenters. The largest absolute Gasteiger partial charge is 0.480 e. The van der Waals surface area contributed by atoms with E-state index >= 15 is 0 Å². The number of carboxylic acid groups (broad SMARTS) is 1. The predicted molar refractivity (Wildman–Crippen MR) is 104 cm³/mol. The molecule has 0 aromatic rings. The SMILES string of the molecule is CC(C)C(NC(=O)C(CC(N)=O)NC(=O)C(N)CCCCN)C(=O)NCC(=O)O. The number of rotatable bonds is 14. The van der Waals surface area contributed by atoms with Gasteiger partial charge in [0.1, 0.15) is 18.6 Å². The quantitative estimate of drug-likeness (QED) is 0.146. The lowest BCUT2D eigenvalue weighted by Gasteiger charge is -2.25. The van der Waals surface area contributed by atoms with Crippen LogP contribution in [0, 0.1) is 5.92 Å². The second-order valence-electron chi connectivity index (χ2n) is 6.96. The number of aliphatic carboxylic acids is 1. The van der Waals surface area contributed by atoms with E-state index in [2.05, 4.69) is 16.0 Å². The average Bonchev–Trinajstić information content (AvgIpc) is 2.62. The summed E-state index contributed by atoms with van der Waals surface area (Å²) in [6.07, 6.45) is 1.17. The minimum Gasteiger partial charge on any atom is -0.480 e. The van der Waals surface area contributed by atoms with E-state index in [9.17, 15) is 24.0 Å². The highest BCUT2D eigenvalue weighted by Gasteiger charge is 2.30. The molecule has 0 aromatic heterocycles. The van der Waals surface area contributed by atoms with Gasteiger partial charge in [0.2, 0.25) is 23.6 Å². The van der Waals surface area contributed by atoms with Crippen LogP contribution >= 0.6 is 0 Å². The van der Waals surface area contributed by atoms with Crippen LogP contribution in [0.3, 0.4) is 0 Å². The number of hydrogen-bond acceptors (Lipinski definition) is 7. The first-order valence-electron chi connectivity index (χ1n) is 9.33. The summed E-state index contributed by atoms with van der Waals surface area (Å²) in [5, 5.41) is 15.6. The Bertz CT molecular complexity index is 597. The van der Waals surface area contributed by atoms with Crippen molar-refractivity contribution in [2.45, 2.75) is 57.7 Å². The number of primary amides is 1. The fraction of sp³-hybridized carbons (Fsp3) is 0.706. The molecule has 0 aliphatic carbocycles. The minimum absolute atomic E-state index is 0.347. The van der Waals surface area contributed by atoms with Gasteiger partial charge in [0.05, 0.1) is 12.5 Å². The van der Waals surface area contributed by atoms with Crippen LogP contribution in [-0.2, 0) is 24.0 Å². The van der Waals surface area contributed by atoms with Gasteiger partial charge >= 0.3 is 5.97 Å². The van der Waals surface area contributed by atoms with Gasteiger partial charge in [-0.1, -0.05) is 20.3 Å². The number of unbranched alkanes of at least 4 members (excludes halogenated alkanes) is 1. The second kappa shape index (κ2) is 13.4. The highest BCUT2D eigenvalue weighted by molar-refractivity contribution is 5.95. The standard InChI is InChI=1S/C17H32N6O6/c1-9(2)14(17(29)21-8-13(25)26)23-16(28)11(7-12(20)24)22-15(27)10(19)5-3-4-6-18/h9-11,14H,3-8,18-19H2,1-2H3,(H2,20,24)(H,21,29)(H,22,27)(H,23,28)(H,25,26). The third-order valence-corrected chi connectivity index (χ3v) is 4.01. The van der Waals surface area contributed by atoms with E-state index in [1.165, 1.54) is 0 Å². The van der Waals surface area contributed by atoms with Crippen molar-refractivity contribution in [2.24, 2.45) is 23.1 Å². The van der Waals surface area contributed by atoms with Crippen molar-refractivity contribution < 1.29 is 29.1 Å². The molecule has 0 fully saturated rings. The van der Waals surface area contributed by atoms with Crippen LogP contribution in [0.1, 0.15) is 39.5 Å². The lowest BCUT2D eigenvalue weighted by Crippen LogP contribution is -2.58. The van der Waals surface area contributed by atoms with E-state index in [4.69, 9.17) is 22.3 Å². The van der Waals surface area contributed by atoms with Crippen molar-refractivity contribution in [3.63, 3.8) is 0 Å². The van der Waals surface area contributed by atoms with Crippen LogP contribution in [0.25, 0.3) is 0 Å². The van der Waals surface area contributed by atoms with Gasteiger partial charge in [0.25, 0.3) is 0 Å². The Morgan fingerprint density at radius 1 is 0.966 bits per heavy atom. The van der Waals surface area contributed by atoms with E-state index < -0.39 is 66.6 Å². The normalized spacial score (nSPS) is 13.8. The predicted octanol–water partition coefficient (Wildman–Crippen LogP) is -2.86. The smallest absolute Gasteiger partial charge is 0.322 e. The maximum absolute atomic E-state index is 12.6. The van der Waals surface area contributed by atoms with Gasteiger partial charge in [-0.05, 0) is 25.3 Å². The van der Waals surface area contributed by atoms with Gasteiger partial charge < -0.3 is 38.3 Å². The third-order valence-electron chi connectivity index (χ3n) is 4.01. The van der Waals surface area contributed by atoms with Crippen molar-refractivity contribution in [3.8, 4) is 0 Å². The first-order valence-corrected chi connectivity index (χ1v) is 9.33. The van der Waals surface area contributed by atoms with E-state index in [0.29, 0.717) is 25.8 Å². The first kappa shape index (κ1) is 26.3. The van der Waals surface area contributed by atoms with Crippen LogP contribution in [-0.4, -0.2) is 65.9 Å². The summed E-state index contributed by atoms with van der Waals surface area (Å²) in [6, 6.07) is -3.30. The van der Waals surface area contributed by atoms with Gasteiger partial charge in [-0.2, -0.15) is 0 Å². The molecule has 166 valence electrons. The van der Waals surface area contributed by atoms with Gasteiger partial charge in [0, 0.05) is 0 Å². The maximum Gasteiger partial charge on any atom is 0.322 e. The maximum atomic E-state index is 12.6. The summed E-state index contributed by atoms with van der Waals surface area (Å²) >= 11 is 0. The Morgan fingerprint density at radius 3 is 2.07 bits per heavy atom. The molecule has 29 heavy (non-hydrogen) atoms. The molecular weight excluding hydrogens is 384 g/mol. The third kappa shape index (κ3) is 11.0. The number of amides is 4. The number of nitrogens with one attached hydrogen (secondary N) is 3. The Hall–Kier alpha value is -2.73. The highest BCUT2D eigenvalue weighted by atomic mass is 16.4. The van der Waals surface area contributed by atoms with Crippen LogP contribution in [0.15, 0.2) is 0 Å². The molecule has 0 saturated heterocycles. The summed E-state index contributed by atoms with van der Waals surface area (Å²) in [5.74, 6) is -4.63. The molecule has 0 heterocycles. The van der Waals surface area contributed by atoms with E-state index in [1.807, 2.05) is 0 Å². The van der Waals surface area contributed by atoms with Crippen molar-refractivity contribution in [2.75, 3.05) is 13.1 Å². The number of carbonyl (C=O) groups excluding carboxylic acids is 4. The van der Waals surface area contributed by atoms with Gasteiger partial charge in [-0.3, -0.25) is 24.0 Å². The van der Waals surface area contributed by atoms with Crippen LogP contribution < -0.4 is 33.2 Å².